The van der Waals surface area contributed by atoms with E-state index in [2.05, 4.69) is 31.3 Å². The number of rotatable bonds is 34. The van der Waals surface area contributed by atoms with E-state index in [1.165, 1.54) is 89.9 Å². The lowest BCUT2D eigenvalue weighted by molar-refractivity contribution is -0.870. The largest absolute Gasteiger partial charge is 0.756 e. The summed E-state index contributed by atoms with van der Waals surface area (Å²) in [5, 5.41) is 13.7. The number of hydrogen-bond acceptors (Lipinski definition) is 6. The highest BCUT2D eigenvalue weighted by Gasteiger charge is 2.23. The van der Waals surface area contributed by atoms with E-state index in [4.69, 9.17) is 9.05 Å². The first kappa shape index (κ1) is 46.0. The minimum Gasteiger partial charge on any atom is -0.756 e. The summed E-state index contributed by atoms with van der Waals surface area (Å²) in [5.74, 6) is -0.210. The van der Waals surface area contributed by atoms with Gasteiger partial charge in [-0.15, -0.1) is 0 Å². The maximum Gasteiger partial charge on any atom is 0.268 e. The van der Waals surface area contributed by atoms with Crippen LogP contribution in [0, 0.1) is 0 Å². The molecule has 1 amide bonds. The molecule has 1 unspecified atom stereocenters. The van der Waals surface area contributed by atoms with Crippen molar-refractivity contribution >= 4 is 13.7 Å². The summed E-state index contributed by atoms with van der Waals surface area (Å²) < 4.78 is 23.0. The highest BCUT2D eigenvalue weighted by atomic mass is 31.2. The molecule has 0 heterocycles. The highest BCUT2D eigenvalue weighted by molar-refractivity contribution is 7.45. The van der Waals surface area contributed by atoms with Crippen LogP contribution in [0.4, 0.5) is 0 Å². The van der Waals surface area contributed by atoms with E-state index < -0.39 is 20.0 Å². The van der Waals surface area contributed by atoms with Crippen LogP contribution in [0.1, 0.15) is 162 Å². The predicted molar refractivity (Wildman–Crippen MR) is 196 cm³/mol. The van der Waals surface area contributed by atoms with Crippen LogP contribution >= 0.6 is 7.82 Å². The highest BCUT2D eigenvalue weighted by Crippen LogP contribution is 2.38. The van der Waals surface area contributed by atoms with Crippen LogP contribution < -0.4 is 10.2 Å². The number of amides is 1. The third-order valence-corrected chi connectivity index (χ3v) is 9.37. The molecule has 0 aromatic carbocycles. The lowest BCUT2D eigenvalue weighted by atomic mass is 10.1. The number of phosphoric acid groups is 1. The molecule has 0 aromatic heterocycles. The fourth-order valence-electron chi connectivity index (χ4n) is 5.26. The van der Waals surface area contributed by atoms with Crippen molar-refractivity contribution in [2.24, 2.45) is 0 Å². The first-order valence-electron chi connectivity index (χ1n) is 19.2. The van der Waals surface area contributed by atoms with Gasteiger partial charge in [0.2, 0.25) is 5.91 Å². The maximum absolute atomic E-state index is 12.7. The molecule has 0 saturated carbocycles. The van der Waals surface area contributed by atoms with Crippen LogP contribution in [0.5, 0.6) is 0 Å². The normalized spacial score (nSPS) is 15.0. The van der Waals surface area contributed by atoms with Gasteiger partial charge in [-0.2, -0.15) is 0 Å². The molecule has 0 aliphatic heterocycles. The molecule has 47 heavy (non-hydrogen) atoms. The minimum absolute atomic E-state index is 0.00214. The second kappa shape index (κ2) is 31.0. The van der Waals surface area contributed by atoms with Crippen LogP contribution in [0.2, 0.25) is 0 Å². The molecule has 0 rings (SSSR count). The molecule has 0 aromatic rings. The summed E-state index contributed by atoms with van der Waals surface area (Å²) in [6, 6.07) is -0.885. The Labute approximate surface area is 290 Å². The van der Waals surface area contributed by atoms with E-state index in [0.29, 0.717) is 17.4 Å². The number of likely N-dealkylation sites (N-methyl/N-ethyl adjacent to an activating group) is 1. The Morgan fingerprint density at radius 3 is 1.66 bits per heavy atom. The SMILES string of the molecule is CCCCCCCC/C=C/CCCCCCCC(=O)N[C@@H](COP(=O)([O-])OCC[N+](C)(C)C)[C@H](O)/C=C/CCCCCCCCCC. The number of aliphatic hydroxyl groups is 1. The minimum atomic E-state index is -4.58. The standard InChI is InChI=1S/C38H75N2O6P/c1-6-8-10-12-14-16-18-19-20-21-22-24-26-28-30-32-38(42)39-36(35-46-47(43,44)45-34-33-40(3,4)5)37(41)31-29-27-25-23-17-15-13-11-9-7-2/h19-20,29,31,36-37,41H,6-18,21-28,30,32-35H2,1-5H3,(H-,39,42,43,44)/b20-19+,31-29+/t36-,37+/m0/s1. The Hall–Kier alpha value is -1.02. The van der Waals surface area contributed by atoms with Crippen molar-refractivity contribution in [3.63, 3.8) is 0 Å². The summed E-state index contributed by atoms with van der Waals surface area (Å²) in [6.07, 6.45) is 33.6. The molecule has 0 fully saturated rings. The number of aliphatic hydroxyl groups excluding tert-OH is 1. The molecular formula is C38H75N2O6P. The van der Waals surface area contributed by atoms with Crippen molar-refractivity contribution in [2.45, 2.75) is 174 Å². The van der Waals surface area contributed by atoms with Crippen LogP contribution in [0.25, 0.3) is 0 Å². The van der Waals surface area contributed by atoms with Gasteiger partial charge in [0.15, 0.2) is 0 Å². The summed E-state index contributed by atoms with van der Waals surface area (Å²) in [5.41, 5.74) is 0. The predicted octanol–water partition coefficient (Wildman–Crippen LogP) is 9.16. The fraction of sp³-hybridized carbons (Fsp3) is 0.868. The quantitative estimate of drug-likeness (QED) is 0.0303. The number of nitrogens with zero attached hydrogens (tertiary/aromatic N) is 1. The fourth-order valence-corrected chi connectivity index (χ4v) is 5.99. The molecule has 0 aliphatic carbocycles. The summed E-state index contributed by atoms with van der Waals surface area (Å²) in [6.45, 7) is 4.59. The van der Waals surface area contributed by atoms with Crippen molar-refractivity contribution in [1.29, 1.82) is 0 Å². The molecule has 278 valence electrons. The van der Waals surface area contributed by atoms with E-state index in [-0.39, 0.29) is 19.1 Å². The number of quaternary nitrogens is 1. The zero-order valence-electron chi connectivity index (χ0n) is 31.2. The average Bonchev–Trinajstić information content (AvgIpc) is 3.01. The van der Waals surface area contributed by atoms with Crippen LogP contribution in [0.15, 0.2) is 24.3 Å². The smallest absolute Gasteiger partial charge is 0.268 e. The van der Waals surface area contributed by atoms with E-state index >= 15 is 0 Å². The Balaban J connectivity index is 4.51. The zero-order valence-corrected chi connectivity index (χ0v) is 32.1. The third kappa shape index (κ3) is 33.3. The second-order valence-corrected chi connectivity index (χ2v) is 15.7. The van der Waals surface area contributed by atoms with Gasteiger partial charge in [0.05, 0.1) is 39.9 Å². The maximum atomic E-state index is 12.7. The number of phosphoric ester groups is 1. The van der Waals surface area contributed by atoms with Crippen molar-refractivity contribution in [2.75, 3.05) is 40.9 Å². The van der Waals surface area contributed by atoms with Gasteiger partial charge in [0.1, 0.15) is 13.2 Å². The molecule has 0 spiro atoms. The van der Waals surface area contributed by atoms with Crippen LogP contribution in [-0.2, 0) is 18.4 Å². The molecule has 0 saturated heterocycles. The lowest BCUT2D eigenvalue weighted by Gasteiger charge is -2.29. The molecule has 2 N–H and O–H groups in total. The number of carbonyl (C=O) groups is 1. The van der Waals surface area contributed by atoms with Gasteiger partial charge in [-0.25, -0.2) is 0 Å². The van der Waals surface area contributed by atoms with Crippen molar-refractivity contribution in [3.8, 4) is 0 Å². The number of unbranched alkanes of at least 4 members (excludes halogenated alkanes) is 19. The van der Waals surface area contributed by atoms with Gasteiger partial charge in [-0.05, 0) is 44.9 Å². The van der Waals surface area contributed by atoms with Gasteiger partial charge in [-0.3, -0.25) is 9.36 Å². The molecule has 0 aliphatic rings. The summed E-state index contributed by atoms with van der Waals surface area (Å²) in [4.78, 5) is 25.1. The van der Waals surface area contributed by atoms with Gasteiger partial charge >= 0.3 is 0 Å². The Kier molecular flexibility index (Phi) is 30.3. The number of carbonyl (C=O) groups excluding carboxylic acids is 1. The van der Waals surface area contributed by atoms with Gasteiger partial charge in [-0.1, -0.05) is 134 Å². The van der Waals surface area contributed by atoms with E-state index in [1.54, 1.807) is 6.08 Å². The van der Waals surface area contributed by atoms with Gasteiger partial charge in [0.25, 0.3) is 7.82 Å². The first-order chi connectivity index (χ1) is 22.5. The number of hydrogen-bond donors (Lipinski definition) is 2. The Morgan fingerprint density at radius 2 is 1.17 bits per heavy atom. The first-order valence-corrected chi connectivity index (χ1v) is 20.7. The molecule has 3 atom stereocenters. The Morgan fingerprint density at radius 1 is 0.723 bits per heavy atom. The topological polar surface area (TPSA) is 108 Å². The molecule has 9 heteroatoms. The molecule has 0 radical (unpaired) electrons. The summed E-state index contributed by atoms with van der Waals surface area (Å²) >= 11 is 0. The molecular weight excluding hydrogens is 611 g/mol. The van der Waals surface area contributed by atoms with E-state index in [1.807, 2.05) is 27.2 Å². The second-order valence-electron chi connectivity index (χ2n) is 14.3. The van der Waals surface area contributed by atoms with E-state index in [0.717, 1.165) is 51.4 Å². The van der Waals surface area contributed by atoms with Crippen LogP contribution in [-0.4, -0.2) is 68.5 Å². The van der Waals surface area contributed by atoms with Crippen molar-refractivity contribution in [3.05, 3.63) is 24.3 Å². The lowest BCUT2D eigenvalue weighted by Crippen LogP contribution is -2.45. The molecule has 8 nitrogen and oxygen atoms in total. The zero-order chi connectivity index (χ0) is 35.1. The van der Waals surface area contributed by atoms with Crippen LogP contribution in [0.3, 0.4) is 0 Å². The average molecular weight is 687 g/mol. The molecule has 0 bridgehead atoms. The third-order valence-electron chi connectivity index (χ3n) is 8.41. The van der Waals surface area contributed by atoms with Crippen molar-refractivity contribution in [1.82, 2.24) is 5.32 Å². The van der Waals surface area contributed by atoms with Gasteiger partial charge in [0, 0.05) is 6.42 Å². The monoisotopic (exact) mass is 687 g/mol. The number of nitrogens with one attached hydrogen (secondary N) is 1. The van der Waals surface area contributed by atoms with Crippen molar-refractivity contribution < 1.29 is 32.9 Å². The number of allylic oxidation sites excluding steroid dienone is 3. The Bertz CT molecular complexity index is 829. The summed E-state index contributed by atoms with van der Waals surface area (Å²) in [7, 11) is 1.25. The van der Waals surface area contributed by atoms with E-state index in [9.17, 15) is 19.4 Å². The van der Waals surface area contributed by atoms with Gasteiger partial charge < -0.3 is 28.8 Å².